The highest BCUT2D eigenvalue weighted by Gasteiger charge is 2.50. The van der Waals surface area contributed by atoms with E-state index >= 15 is 9.59 Å². The predicted octanol–water partition coefficient (Wildman–Crippen LogP) is 28.0. The molecule has 0 fully saturated rings. The fourth-order valence-corrected chi connectivity index (χ4v) is 17.7. The lowest BCUT2D eigenvalue weighted by atomic mass is 9.92. The van der Waals surface area contributed by atoms with E-state index < -0.39 is 0 Å². The summed E-state index contributed by atoms with van der Waals surface area (Å²) < 4.78 is 6.84. The third-order valence-corrected chi connectivity index (χ3v) is 23.9. The van der Waals surface area contributed by atoms with Gasteiger partial charge in [-0.1, -0.05) is 323 Å². The van der Waals surface area contributed by atoms with Crippen LogP contribution in [0, 0.1) is 11.8 Å². The molecule has 2 atom stereocenters. The number of rotatable bonds is 46. The summed E-state index contributed by atoms with van der Waals surface area (Å²) in [6.45, 7) is 21.9. The Kier molecular flexibility index (Phi) is 29.4. The molecular formula is C87H124N2O3S2. The van der Waals surface area contributed by atoms with E-state index in [1.165, 1.54) is 245 Å². The first-order chi connectivity index (χ1) is 45.9. The van der Waals surface area contributed by atoms with Crippen LogP contribution in [-0.4, -0.2) is 34.7 Å². The van der Waals surface area contributed by atoms with Gasteiger partial charge in [-0.05, 0) is 119 Å². The molecule has 512 valence electrons. The Bertz CT molecular complexity index is 3540. The van der Waals surface area contributed by atoms with Crippen LogP contribution in [0.25, 0.3) is 65.3 Å². The average molecular weight is 1310 g/mol. The van der Waals surface area contributed by atoms with E-state index in [2.05, 4.69) is 157 Å². The quantitative estimate of drug-likeness (QED) is 0.0282. The Morgan fingerprint density at radius 3 is 1.26 bits per heavy atom. The number of carbonyl (C=O) groups is 2. The Morgan fingerprint density at radius 2 is 0.809 bits per heavy atom. The molecule has 0 saturated heterocycles. The van der Waals surface area contributed by atoms with Crippen LogP contribution in [0.4, 0.5) is 0 Å². The lowest BCUT2D eigenvalue weighted by Crippen LogP contribution is -2.34. The van der Waals surface area contributed by atoms with E-state index in [-0.39, 0.29) is 17.2 Å². The predicted molar refractivity (Wildman–Crippen MR) is 412 cm³/mol. The van der Waals surface area contributed by atoms with Crippen LogP contribution in [0.5, 0.6) is 0 Å². The Balaban J connectivity index is 1.11. The smallest absolute Gasteiger partial charge is 0.261 e. The third-order valence-electron chi connectivity index (χ3n) is 21.3. The molecule has 5 heterocycles. The molecule has 4 aromatic carbocycles. The maximum Gasteiger partial charge on any atom is 0.261 e. The molecule has 94 heavy (non-hydrogen) atoms. The monoisotopic (exact) mass is 1310 g/mol. The van der Waals surface area contributed by atoms with Gasteiger partial charge < -0.3 is 14.2 Å². The SMILES string of the molecule is CCCCCCCCCCCCC(CCCCCCCCCC)CN1C(=O)C2=C(c3ccc(C(C)(C)C)s3)N(CC(CCCCCCCCC)CCCCCCCCCCC)C(=O)C2=C1c1ccc(-c2ccc3c4ccc(C(C)C)cc4c4oc5ccccc5c4c3c2)s1. The van der Waals surface area contributed by atoms with Gasteiger partial charge in [0.05, 0.1) is 32.3 Å². The molecule has 7 aromatic rings. The minimum Gasteiger partial charge on any atom is -0.455 e. The molecule has 2 amide bonds. The van der Waals surface area contributed by atoms with Crippen LogP contribution in [0.3, 0.4) is 0 Å². The molecule has 0 N–H and O–H groups in total. The van der Waals surface area contributed by atoms with Crippen molar-refractivity contribution in [3.63, 3.8) is 0 Å². The Hall–Kier alpha value is -4.98. The molecule has 0 radical (unpaired) electrons. The van der Waals surface area contributed by atoms with Crippen LogP contribution in [0.2, 0.25) is 0 Å². The number of hydrogen-bond donors (Lipinski definition) is 0. The minimum absolute atomic E-state index is 0.0370. The Morgan fingerprint density at radius 1 is 0.404 bits per heavy atom. The summed E-state index contributed by atoms with van der Waals surface area (Å²) in [6.07, 6.45) is 48.7. The van der Waals surface area contributed by atoms with Crippen molar-refractivity contribution >= 4 is 89.4 Å². The molecule has 0 saturated carbocycles. The van der Waals surface area contributed by atoms with Gasteiger partial charge in [0.15, 0.2) is 0 Å². The maximum absolute atomic E-state index is 16.4. The van der Waals surface area contributed by atoms with Crippen molar-refractivity contribution in [2.75, 3.05) is 13.1 Å². The van der Waals surface area contributed by atoms with Crippen LogP contribution in [0.1, 0.15) is 332 Å². The molecule has 0 spiro atoms. The molecule has 5 nitrogen and oxygen atoms in total. The van der Waals surface area contributed by atoms with E-state index in [0.29, 0.717) is 42.0 Å². The van der Waals surface area contributed by atoms with Crippen molar-refractivity contribution in [3.05, 3.63) is 116 Å². The van der Waals surface area contributed by atoms with Crippen LogP contribution in [-0.2, 0) is 15.0 Å². The Labute approximate surface area is 578 Å². The first kappa shape index (κ1) is 73.3. The standard InChI is InChI=1S/C87H124N2O3S2/c1-10-14-18-22-26-29-31-35-39-43-48-65(47-41-37-33-28-24-20-16-12-3)62-88-82(76-57-56-75(93-76)68-53-55-69-70-54-52-67(64(5)6)60-73(70)84-79(72(69)61-68)71-50-44-45-51-74(71)92-84)80-81(86(88)91)83(77-58-59-78(94-77)87(7,8)9)89(85(80)90)63-66(46-40-36-32-25-21-17-13-4)49-42-38-34-30-27-23-19-15-11-2/h44-45,50-61,64-66H,10-43,46-49,62-63H2,1-9H3. The fraction of sp³-hybridized carbons (Fsp3) is 0.609. The molecule has 2 unspecified atom stereocenters. The van der Waals surface area contributed by atoms with Gasteiger partial charge in [-0.3, -0.25) is 9.59 Å². The molecule has 0 aliphatic carbocycles. The van der Waals surface area contributed by atoms with Gasteiger partial charge in [-0.25, -0.2) is 0 Å². The summed E-state index contributed by atoms with van der Waals surface area (Å²) >= 11 is 3.56. The van der Waals surface area contributed by atoms with E-state index in [4.69, 9.17) is 4.42 Å². The van der Waals surface area contributed by atoms with Crippen molar-refractivity contribution < 1.29 is 14.0 Å². The second kappa shape index (κ2) is 37.7. The van der Waals surface area contributed by atoms with Crippen molar-refractivity contribution in [3.8, 4) is 10.4 Å². The normalized spacial score (nSPS) is 14.6. The lowest BCUT2D eigenvalue weighted by Gasteiger charge is -2.29. The highest BCUT2D eigenvalue weighted by Crippen LogP contribution is 2.52. The summed E-state index contributed by atoms with van der Waals surface area (Å²) in [6, 6.07) is 31.5. The topological polar surface area (TPSA) is 53.8 Å². The molecule has 2 aliphatic heterocycles. The number of benzene rings is 4. The minimum atomic E-state index is -0.0683. The van der Waals surface area contributed by atoms with Crippen molar-refractivity contribution in [1.29, 1.82) is 0 Å². The molecule has 0 bridgehead atoms. The number of unbranched alkanes of at least 4 members (excludes halogenated alkanes) is 30. The second-order valence-corrected chi connectivity index (χ2v) is 32.5. The van der Waals surface area contributed by atoms with Crippen molar-refractivity contribution in [1.82, 2.24) is 9.80 Å². The van der Waals surface area contributed by atoms with Gasteiger partial charge in [0.25, 0.3) is 11.8 Å². The number of para-hydroxylation sites is 1. The molecular weight excluding hydrogens is 1190 g/mol. The number of furan rings is 1. The zero-order chi connectivity index (χ0) is 66.2. The molecule has 3 aromatic heterocycles. The number of fused-ring (bicyclic) bond motifs is 9. The number of hydrogen-bond acceptors (Lipinski definition) is 5. The number of nitrogens with zero attached hydrogens (tertiary/aromatic N) is 2. The number of carbonyl (C=O) groups excluding carboxylic acids is 2. The van der Waals surface area contributed by atoms with E-state index in [1.54, 1.807) is 22.7 Å². The average Bonchev–Trinajstić information content (AvgIpc) is 1.53. The largest absolute Gasteiger partial charge is 0.455 e. The summed E-state index contributed by atoms with van der Waals surface area (Å²) in [7, 11) is 0. The summed E-state index contributed by atoms with van der Waals surface area (Å²) in [5.41, 5.74) is 7.27. The fourth-order valence-electron chi connectivity index (χ4n) is 15.5. The first-order valence-corrected chi connectivity index (χ1v) is 40.6. The summed E-state index contributed by atoms with van der Waals surface area (Å²) in [4.78, 5) is 41.7. The second-order valence-electron chi connectivity index (χ2n) is 30.4. The summed E-state index contributed by atoms with van der Waals surface area (Å²) in [5.74, 6) is 1.18. The van der Waals surface area contributed by atoms with Crippen LogP contribution >= 0.6 is 22.7 Å². The molecule has 9 rings (SSSR count). The molecule has 2 aliphatic rings. The van der Waals surface area contributed by atoms with Crippen molar-refractivity contribution in [2.24, 2.45) is 11.8 Å². The van der Waals surface area contributed by atoms with Gasteiger partial charge in [0.1, 0.15) is 11.2 Å². The van der Waals surface area contributed by atoms with E-state index in [9.17, 15) is 0 Å². The lowest BCUT2D eigenvalue weighted by molar-refractivity contribution is -0.124. The van der Waals surface area contributed by atoms with Gasteiger partial charge in [-0.15, -0.1) is 22.7 Å². The highest BCUT2D eigenvalue weighted by atomic mass is 32.1. The summed E-state index contributed by atoms with van der Waals surface area (Å²) in [5, 5.41) is 7.06. The zero-order valence-electron chi connectivity index (χ0n) is 60.5. The zero-order valence-corrected chi connectivity index (χ0v) is 62.2. The van der Waals surface area contributed by atoms with Gasteiger partial charge in [0, 0.05) is 39.0 Å². The van der Waals surface area contributed by atoms with Crippen LogP contribution < -0.4 is 0 Å². The van der Waals surface area contributed by atoms with E-state index in [0.717, 1.165) is 84.6 Å². The maximum atomic E-state index is 16.4. The molecule has 7 heteroatoms. The number of amides is 2. The van der Waals surface area contributed by atoms with Gasteiger partial charge in [-0.2, -0.15) is 0 Å². The highest BCUT2D eigenvalue weighted by molar-refractivity contribution is 7.16. The van der Waals surface area contributed by atoms with Crippen LogP contribution in [0.15, 0.2) is 100 Å². The first-order valence-electron chi connectivity index (χ1n) is 39.0. The van der Waals surface area contributed by atoms with E-state index in [1.807, 2.05) is 0 Å². The third kappa shape index (κ3) is 19.4. The van der Waals surface area contributed by atoms with Gasteiger partial charge >= 0.3 is 0 Å². The van der Waals surface area contributed by atoms with Gasteiger partial charge in [0.2, 0.25) is 0 Å². The number of thiophene rings is 2. The van der Waals surface area contributed by atoms with Crippen molar-refractivity contribution in [2.45, 2.75) is 318 Å².